The molecule has 0 atom stereocenters. The Kier molecular flexibility index (Phi) is 3.97. The maximum absolute atomic E-state index is 13.0. The number of anilines is 1. The number of pyridine rings is 1. The van der Waals surface area contributed by atoms with Gasteiger partial charge in [-0.1, -0.05) is 42.5 Å². The minimum absolute atomic E-state index is 0.204. The minimum Gasteiger partial charge on any atom is -0.319 e. The third kappa shape index (κ3) is 2.63. The lowest BCUT2D eigenvalue weighted by atomic mass is 10.1. The zero-order valence-electron chi connectivity index (χ0n) is 14.6. The predicted octanol–water partition coefficient (Wildman–Crippen LogP) is 4.72. The number of allylic oxidation sites excluding steroid dienone is 2. The third-order valence-electron chi connectivity index (χ3n) is 4.45. The number of aromatic nitrogens is 3. The highest BCUT2D eigenvalue weighted by atomic mass is 16.2. The van der Waals surface area contributed by atoms with Gasteiger partial charge < -0.3 is 5.32 Å². The molecular weight excluding hydrogens is 324 g/mol. The molecule has 128 valence electrons. The zero-order valence-corrected chi connectivity index (χ0v) is 14.6. The van der Waals surface area contributed by atoms with Gasteiger partial charge in [0.15, 0.2) is 0 Å². The lowest BCUT2D eigenvalue weighted by Gasteiger charge is -2.13. The van der Waals surface area contributed by atoms with Crippen molar-refractivity contribution in [1.29, 1.82) is 0 Å². The van der Waals surface area contributed by atoms with Crippen molar-refractivity contribution in [3.63, 3.8) is 0 Å². The van der Waals surface area contributed by atoms with Crippen LogP contribution < -0.4 is 5.32 Å². The molecule has 26 heavy (non-hydrogen) atoms. The average molecular weight is 342 g/mol. The van der Waals surface area contributed by atoms with Crippen molar-refractivity contribution in [2.45, 2.75) is 13.8 Å². The van der Waals surface area contributed by atoms with Crippen molar-refractivity contribution >= 4 is 39.1 Å². The Morgan fingerprint density at radius 2 is 1.62 bits per heavy atom. The number of fused-ring (bicyclic) bond motifs is 2. The monoisotopic (exact) mass is 342 g/mol. The lowest BCUT2D eigenvalue weighted by Crippen LogP contribution is -2.17. The third-order valence-corrected chi connectivity index (χ3v) is 4.45. The van der Waals surface area contributed by atoms with E-state index in [1.165, 1.54) is 0 Å². The number of hydrogen-bond donors (Lipinski definition) is 1. The molecule has 2 heterocycles. The van der Waals surface area contributed by atoms with Crippen LogP contribution in [0.15, 0.2) is 66.9 Å². The first-order chi connectivity index (χ1) is 12.7. The Morgan fingerprint density at radius 3 is 2.23 bits per heavy atom. The molecule has 0 spiro atoms. The van der Waals surface area contributed by atoms with Crippen LogP contribution in [0.4, 0.5) is 5.69 Å². The Balaban J connectivity index is 1.86. The average Bonchev–Trinajstić information content (AvgIpc) is 3.17. The van der Waals surface area contributed by atoms with E-state index in [4.69, 9.17) is 0 Å². The molecule has 2 aromatic heterocycles. The quantitative estimate of drug-likeness (QED) is 0.548. The largest absolute Gasteiger partial charge is 0.319 e. The SMILES string of the molecule is C/C=C(\C)n1nccc1C(=O)Nc1c2ccccc2nc2ccccc12. The molecule has 1 N–H and O–H groups in total. The minimum atomic E-state index is -0.204. The maximum atomic E-state index is 13.0. The van der Waals surface area contributed by atoms with E-state index in [9.17, 15) is 4.79 Å². The van der Waals surface area contributed by atoms with Crippen LogP contribution >= 0.6 is 0 Å². The molecule has 1 amide bonds. The van der Waals surface area contributed by atoms with E-state index in [-0.39, 0.29) is 5.91 Å². The van der Waals surface area contributed by atoms with Crippen LogP contribution in [0.1, 0.15) is 24.3 Å². The Hall–Kier alpha value is -3.47. The Labute approximate surface area is 151 Å². The molecule has 0 radical (unpaired) electrons. The number of carbonyl (C=O) groups excluding carboxylic acids is 1. The Morgan fingerprint density at radius 1 is 1.00 bits per heavy atom. The first kappa shape index (κ1) is 16.0. The molecule has 2 aromatic carbocycles. The number of nitrogens with one attached hydrogen (secondary N) is 1. The number of rotatable bonds is 3. The van der Waals surface area contributed by atoms with Gasteiger partial charge >= 0.3 is 0 Å². The van der Waals surface area contributed by atoms with E-state index in [1.807, 2.05) is 68.5 Å². The van der Waals surface area contributed by atoms with Gasteiger partial charge in [-0.05, 0) is 32.0 Å². The Bertz CT molecular complexity index is 1100. The van der Waals surface area contributed by atoms with Crippen LogP contribution in [0.3, 0.4) is 0 Å². The first-order valence-corrected chi connectivity index (χ1v) is 8.45. The van der Waals surface area contributed by atoms with Gasteiger partial charge in [0.25, 0.3) is 5.91 Å². The van der Waals surface area contributed by atoms with E-state index in [2.05, 4.69) is 15.4 Å². The fraction of sp³-hybridized carbons (Fsp3) is 0.0952. The van der Waals surface area contributed by atoms with Crippen LogP contribution in [-0.2, 0) is 0 Å². The summed E-state index contributed by atoms with van der Waals surface area (Å²) in [7, 11) is 0. The first-order valence-electron chi connectivity index (χ1n) is 8.45. The van der Waals surface area contributed by atoms with Gasteiger partial charge in [0, 0.05) is 16.5 Å². The van der Waals surface area contributed by atoms with Crippen molar-refractivity contribution in [1.82, 2.24) is 14.8 Å². The van der Waals surface area contributed by atoms with Crippen molar-refractivity contribution in [3.8, 4) is 0 Å². The molecule has 4 aromatic rings. The smallest absolute Gasteiger partial charge is 0.274 e. The van der Waals surface area contributed by atoms with Crippen molar-refractivity contribution in [2.24, 2.45) is 0 Å². The maximum Gasteiger partial charge on any atom is 0.274 e. The van der Waals surface area contributed by atoms with Gasteiger partial charge in [-0.25, -0.2) is 9.67 Å². The highest BCUT2D eigenvalue weighted by Gasteiger charge is 2.16. The topological polar surface area (TPSA) is 59.8 Å². The number of benzene rings is 2. The highest BCUT2D eigenvalue weighted by Crippen LogP contribution is 2.31. The number of nitrogens with zero attached hydrogens (tertiary/aromatic N) is 3. The van der Waals surface area contributed by atoms with Crippen LogP contribution in [0.5, 0.6) is 0 Å². The summed E-state index contributed by atoms with van der Waals surface area (Å²) in [4.78, 5) is 17.7. The summed E-state index contributed by atoms with van der Waals surface area (Å²) >= 11 is 0. The molecule has 0 aliphatic carbocycles. The lowest BCUT2D eigenvalue weighted by molar-refractivity contribution is 0.102. The second-order valence-electron chi connectivity index (χ2n) is 6.03. The molecule has 0 aliphatic rings. The van der Waals surface area contributed by atoms with Crippen LogP contribution in [-0.4, -0.2) is 20.7 Å². The van der Waals surface area contributed by atoms with Crippen molar-refractivity contribution in [3.05, 3.63) is 72.6 Å². The second kappa shape index (κ2) is 6.44. The van der Waals surface area contributed by atoms with E-state index in [0.29, 0.717) is 5.69 Å². The van der Waals surface area contributed by atoms with Gasteiger partial charge in [-0.2, -0.15) is 5.10 Å². The van der Waals surface area contributed by atoms with E-state index in [0.717, 1.165) is 33.2 Å². The zero-order chi connectivity index (χ0) is 18.1. The van der Waals surface area contributed by atoms with Gasteiger partial charge in [0.1, 0.15) is 5.69 Å². The van der Waals surface area contributed by atoms with Crippen LogP contribution in [0, 0.1) is 0 Å². The van der Waals surface area contributed by atoms with E-state index >= 15 is 0 Å². The molecule has 0 saturated carbocycles. The van der Waals surface area contributed by atoms with Crippen LogP contribution in [0.2, 0.25) is 0 Å². The van der Waals surface area contributed by atoms with Gasteiger partial charge in [0.05, 0.1) is 22.9 Å². The van der Waals surface area contributed by atoms with Crippen molar-refractivity contribution < 1.29 is 4.79 Å². The standard InChI is InChI=1S/C21H18N4O/c1-3-14(2)25-19(12-13-22-25)21(26)24-20-15-8-4-6-10-17(15)23-18-11-7-5-9-16(18)20/h3-13H,1-2H3,(H,23,24,26)/b14-3+. The van der Waals surface area contributed by atoms with E-state index in [1.54, 1.807) is 16.9 Å². The van der Waals surface area contributed by atoms with Gasteiger partial charge in [-0.15, -0.1) is 0 Å². The molecule has 4 rings (SSSR count). The predicted molar refractivity (Wildman–Crippen MR) is 105 cm³/mol. The molecule has 0 bridgehead atoms. The summed E-state index contributed by atoms with van der Waals surface area (Å²) in [6.45, 7) is 3.84. The summed E-state index contributed by atoms with van der Waals surface area (Å²) in [5.74, 6) is -0.204. The summed E-state index contributed by atoms with van der Waals surface area (Å²) in [5.41, 5.74) is 3.84. The molecule has 0 unspecified atom stereocenters. The summed E-state index contributed by atoms with van der Waals surface area (Å²) in [6, 6.07) is 17.3. The number of para-hydroxylation sites is 2. The fourth-order valence-corrected chi connectivity index (χ4v) is 3.03. The number of carbonyl (C=O) groups is 1. The summed E-state index contributed by atoms with van der Waals surface area (Å²) in [6.07, 6.45) is 3.55. The van der Waals surface area contributed by atoms with Gasteiger partial charge in [-0.3, -0.25) is 4.79 Å². The summed E-state index contributed by atoms with van der Waals surface area (Å²) < 4.78 is 1.64. The normalized spacial score (nSPS) is 11.8. The number of amides is 1. The summed E-state index contributed by atoms with van der Waals surface area (Å²) in [5, 5.41) is 9.15. The molecule has 5 nitrogen and oxygen atoms in total. The molecular formula is C21H18N4O. The number of hydrogen-bond acceptors (Lipinski definition) is 3. The highest BCUT2D eigenvalue weighted by molar-refractivity contribution is 6.15. The van der Waals surface area contributed by atoms with Crippen LogP contribution in [0.25, 0.3) is 27.5 Å². The second-order valence-corrected chi connectivity index (χ2v) is 6.03. The molecule has 5 heteroatoms. The van der Waals surface area contributed by atoms with E-state index < -0.39 is 0 Å². The van der Waals surface area contributed by atoms with Gasteiger partial charge in [0.2, 0.25) is 0 Å². The fourth-order valence-electron chi connectivity index (χ4n) is 3.03. The van der Waals surface area contributed by atoms with Crippen molar-refractivity contribution in [2.75, 3.05) is 5.32 Å². The molecule has 0 fully saturated rings. The molecule has 0 saturated heterocycles. The molecule has 0 aliphatic heterocycles.